The topological polar surface area (TPSA) is 46.0 Å². The van der Waals surface area contributed by atoms with Gasteiger partial charge >= 0.3 is 5.63 Å². The van der Waals surface area contributed by atoms with Crippen molar-refractivity contribution in [1.29, 1.82) is 0 Å². The molecule has 3 rings (SSSR count). The number of rotatable bonds is 1. The summed E-state index contributed by atoms with van der Waals surface area (Å²) in [7, 11) is 0. The lowest BCUT2D eigenvalue weighted by atomic mass is 10.0. The van der Waals surface area contributed by atoms with Gasteiger partial charge in [-0.05, 0) is 23.6 Å². The van der Waals surface area contributed by atoms with Crippen LogP contribution in [0.25, 0.3) is 21.9 Å². The maximum Gasteiger partial charge on any atom is 0.346 e. The summed E-state index contributed by atoms with van der Waals surface area (Å²) in [5.41, 5.74) is 2.26. The second-order valence-corrected chi connectivity index (χ2v) is 4.53. The van der Waals surface area contributed by atoms with E-state index in [4.69, 9.17) is 4.42 Å². The van der Waals surface area contributed by atoms with E-state index in [1.54, 1.807) is 0 Å². The van der Waals surface area contributed by atoms with Crippen LogP contribution in [-0.2, 0) is 0 Å². The number of hydrogen-bond acceptors (Lipinski definition) is 2. The number of benzene rings is 1. The molecule has 3 aromatic rings. The van der Waals surface area contributed by atoms with Crippen LogP contribution in [0.15, 0.2) is 39.7 Å². The second-order valence-electron chi connectivity index (χ2n) is 4.53. The number of H-pyrrole nitrogens is 1. The summed E-state index contributed by atoms with van der Waals surface area (Å²) in [6, 6.07) is 7.58. The lowest BCUT2D eigenvalue weighted by Gasteiger charge is -2.02. The molecular weight excluding hydrogens is 214 g/mol. The molecule has 2 aromatic heterocycles. The molecule has 0 aliphatic carbocycles. The van der Waals surface area contributed by atoms with Gasteiger partial charge in [-0.25, -0.2) is 4.79 Å². The van der Waals surface area contributed by atoms with Crippen molar-refractivity contribution in [1.82, 2.24) is 4.98 Å². The minimum absolute atomic E-state index is 0.261. The fourth-order valence-corrected chi connectivity index (χ4v) is 2.24. The Hall–Kier alpha value is -2.03. The predicted molar refractivity (Wildman–Crippen MR) is 68.4 cm³/mol. The highest BCUT2D eigenvalue weighted by Crippen LogP contribution is 2.27. The van der Waals surface area contributed by atoms with E-state index in [0.29, 0.717) is 16.9 Å². The highest BCUT2D eigenvalue weighted by atomic mass is 16.4. The summed E-state index contributed by atoms with van der Waals surface area (Å²) in [6.45, 7) is 4.13. The first-order chi connectivity index (χ1) is 8.18. The summed E-state index contributed by atoms with van der Waals surface area (Å²) < 4.78 is 5.35. The van der Waals surface area contributed by atoms with Crippen molar-refractivity contribution in [2.24, 2.45) is 0 Å². The number of para-hydroxylation sites is 1. The van der Waals surface area contributed by atoms with Crippen molar-refractivity contribution in [3.8, 4) is 0 Å². The standard InChI is InChI=1S/C14H13NO2/c1-8(2)10-7-15-13-9-5-3-4-6-11(9)17-14(16)12(10)13/h3-8,15H,1-2H3. The van der Waals surface area contributed by atoms with Crippen molar-refractivity contribution < 1.29 is 4.42 Å². The average molecular weight is 227 g/mol. The van der Waals surface area contributed by atoms with Crippen LogP contribution in [0.4, 0.5) is 0 Å². The number of fused-ring (bicyclic) bond motifs is 3. The molecule has 1 aromatic carbocycles. The molecule has 1 N–H and O–H groups in total. The Labute approximate surface area is 98.1 Å². The van der Waals surface area contributed by atoms with E-state index < -0.39 is 0 Å². The quantitative estimate of drug-likeness (QED) is 0.647. The van der Waals surface area contributed by atoms with Crippen molar-refractivity contribution in [2.75, 3.05) is 0 Å². The second kappa shape index (κ2) is 3.48. The van der Waals surface area contributed by atoms with Crippen molar-refractivity contribution in [3.05, 3.63) is 46.4 Å². The van der Waals surface area contributed by atoms with Gasteiger partial charge in [0.25, 0.3) is 0 Å². The van der Waals surface area contributed by atoms with Crippen LogP contribution < -0.4 is 5.63 Å². The maximum absolute atomic E-state index is 12.0. The lowest BCUT2D eigenvalue weighted by molar-refractivity contribution is 0.569. The molecule has 86 valence electrons. The number of aromatic nitrogens is 1. The Morgan fingerprint density at radius 3 is 2.76 bits per heavy atom. The Kier molecular flexibility index (Phi) is 2.08. The van der Waals surface area contributed by atoms with Gasteiger partial charge in [0.05, 0.1) is 10.9 Å². The van der Waals surface area contributed by atoms with Gasteiger partial charge in [0.2, 0.25) is 0 Å². The average Bonchev–Trinajstić information content (AvgIpc) is 2.74. The van der Waals surface area contributed by atoms with Crippen LogP contribution in [0, 0.1) is 0 Å². The first kappa shape index (κ1) is 10.1. The normalized spacial score (nSPS) is 11.7. The molecule has 17 heavy (non-hydrogen) atoms. The van der Waals surface area contributed by atoms with Crippen LogP contribution in [0.2, 0.25) is 0 Å². The number of hydrogen-bond donors (Lipinski definition) is 1. The van der Waals surface area contributed by atoms with Gasteiger partial charge < -0.3 is 9.40 Å². The van der Waals surface area contributed by atoms with Crippen molar-refractivity contribution in [3.63, 3.8) is 0 Å². The predicted octanol–water partition coefficient (Wildman–Crippen LogP) is 3.40. The summed E-state index contributed by atoms with van der Waals surface area (Å²) >= 11 is 0. The highest BCUT2D eigenvalue weighted by molar-refractivity contribution is 6.03. The van der Waals surface area contributed by atoms with Gasteiger partial charge in [-0.15, -0.1) is 0 Å². The van der Waals surface area contributed by atoms with E-state index in [9.17, 15) is 4.79 Å². The molecule has 3 nitrogen and oxygen atoms in total. The third-order valence-corrected chi connectivity index (χ3v) is 3.10. The summed E-state index contributed by atoms with van der Waals surface area (Å²) in [6.07, 6.45) is 1.90. The fraction of sp³-hybridized carbons (Fsp3) is 0.214. The molecule has 0 radical (unpaired) electrons. The summed E-state index contributed by atoms with van der Waals surface area (Å²) in [5.74, 6) is 0.299. The Balaban J connectivity index is 2.56. The molecule has 0 bridgehead atoms. The molecule has 0 fully saturated rings. The van der Waals surface area contributed by atoms with E-state index in [-0.39, 0.29) is 5.63 Å². The Bertz CT molecular complexity index is 750. The van der Waals surface area contributed by atoms with Crippen LogP contribution in [0.5, 0.6) is 0 Å². The van der Waals surface area contributed by atoms with E-state index in [1.807, 2.05) is 30.5 Å². The lowest BCUT2D eigenvalue weighted by Crippen LogP contribution is -2.01. The molecule has 3 heteroatoms. The fourth-order valence-electron chi connectivity index (χ4n) is 2.24. The van der Waals surface area contributed by atoms with E-state index >= 15 is 0 Å². The largest absolute Gasteiger partial charge is 0.422 e. The van der Waals surface area contributed by atoms with E-state index in [2.05, 4.69) is 18.8 Å². The van der Waals surface area contributed by atoms with Crippen LogP contribution in [0.3, 0.4) is 0 Å². The van der Waals surface area contributed by atoms with Gasteiger partial charge in [-0.2, -0.15) is 0 Å². The zero-order valence-electron chi connectivity index (χ0n) is 9.78. The van der Waals surface area contributed by atoms with Crippen molar-refractivity contribution >= 4 is 21.9 Å². The maximum atomic E-state index is 12.0. The third-order valence-electron chi connectivity index (χ3n) is 3.10. The molecule has 0 aliphatic heterocycles. The highest BCUT2D eigenvalue weighted by Gasteiger charge is 2.14. The number of nitrogens with one attached hydrogen (secondary N) is 1. The van der Waals surface area contributed by atoms with Gasteiger partial charge in [0.15, 0.2) is 0 Å². The molecule has 0 aliphatic rings. The van der Waals surface area contributed by atoms with Crippen molar-refractivity contribution in [2.45, 2.75) is 19.8 Å². The first-order valence-corrected chi connectivity index (χ1v) is 5.71. The minimum atomic E-state index is -0.261. The molecule has 0 spiro atoms. The van der Waals surface area contributed by atoms with E-state index in [0.717, 1.165) is 16.5 Å². The Morgan fingerprint density at radius 2 is 2.00 bits per heavy atom. The summed E-state index contributed by atoms with van der Waals surface area (Å²) in [4.78, 5) is 15.2. The van der Waals surface area contributed by atoms with Gasteiger partial charge in [-0.3, -0.25) is 0 Å². The van der Waals surface area contributed by atoms with Crippen LogP contribution in [0.1, 0.15) is 25.3 Å². The molecule has 0 unspecified atom stereocenters. The monoisotopic (exact) mass is 227 g/mol. The number of aromatic amines is 1. The first-order valence-electron chi connectivity index (χ1n) is 5.71. The molecule has 0 saturated carbocycles. The molecule has 2 heterocycles. The zero-order chi connectivity index (χ0) is 12.0. The molecular formula is C14H13NO2. The van der Waals surface area contributed by atoms with Crippen LogP contribution in [-0.4, -0.2) is 4.98 Å². The van der Waals surface area contributed by atoms with Gasteiger partial charge in [-0.1, -0.05) is 26.0 Å². The third kappa shape index (κ3) is 1.39. The van der Waals surface area contributed by atoms with E-state index in [1.165, 1.54) is 0 Å². The van der Waals surface area contributed by atoms with Crippen LogP contribution >= 0.6 is 0 Å². The Morgan fingerprint density at radius 1 is 1.24 bits per heavy atom. The summed E-state index contributed by atoms with van der Waals surface area (Å²) in [5, 5.41) is 1.63. The molecule has 0 amide bonds. The minimum Gasteiger partial charge on any atom is -0.422 e. The van der Waals surface area contributed by atoms with Gasteiger partial charge in [0, 0.05) is 11.6 Å². The zero-order valence-corrected chi connectivity index (χ0v) is 9.78. The SMILES string of the molecule is CC(C)c1c[nH]c2c1c(=O)oc1ccccc12. The molecule has 0 saturated heterocycles. The smallest absolute Gasteiger partial charge is 0.346 e. The van der Waals surface area contributed by atoms with Gasteiger partial charge in [0.1, 0.15) is 5.58 Å². The molecule has 0 atom stereocenters.